The van der Waals surface area contributed by atoms with Crippen molar-refractivity contribution in [2.75, 3.05) is 39.6 Å². The fourth-order valence-electron chi connectivity index (χ4n) is 11.9. The summed E-state index contributed by atoms with van der Waals surface area (Å²) in [6.45, 7) is 11.8. The molecule has 0 bridgehead atoms. The number of aliphatic hydroxyl groups is 1. The molecule has 5 atom stereocenters. The van der Waals surface area contributed by atoms with Gasteiger partial charge in [0.2, 0.25) is 0 Å². The molecule has 0 aromatic rings. The number of phosphoric acid groups is 2. The van der Waals surface area contributed by atoms with Crippen LogP contribution in [0.2, 0.25) is 0 Å². The Balaban J connectivity index is 5.24. The predicted octanol–water partition coefficient (Wildman–Crippen LogP) is 23.7. The summed E-state index contributed by atoms with van der Waals surface area (Å²) in [4.78, 5) is 72.9. The van der Waals surface area contributed by atoms with Crippen LogP contribution in [0.3, 0.4) is 0 Å². The number of ether oxygens (including phenoxy) is 4. The summed E-state index contributed by atoms with van der Waals surface area (Å²) in [5.74, 6) is 0.139. The number of hydrogen-bond donors (Lipinski definition) is 3. The first-order valence-corrected chi connectivity index (χ1v) is 44.2. The van der Waals surface area contributed by atoms with Gasteiger partial charge in [0.05, 0.1) is 26.4 Å². The van der Waals surface area contributed by atoms with Gasteiger partial charge in [-0.3, -0.25) is 37.3 Å². The Morgan fingerprint density at radius 2 is 0.540 bits per heavy atom. The van der Waals surface area contributed by atoms with Gasteiger partial charge in [0, 0.05) is 25.7 Å². The van der Waals surface area contributed by atoms with Gasteiger partial charge in [-0.1, -0.05) is 342 Å². The van der Waals surface area contributed by atoms with Gasteiger partial charge in [-0.2, -0.15) is 0 Å². The largest absolute Gasteiger partial charge is 0.472 e. The molecule has 0 radical (unpaired) electrons. The number of allylic oxidation sites excluding steroid dienone is 4. The molecule has 3 N–H and O–H groups in total. The molecule has 0 saturated heterocycles. The highest BCUT2D eigenvalue weighted by Gasteiger charge is 2.30. The number of unbranched alkanes of at least 4 members (excludes halogenated alkanes) is 42. The van der Waals surface area contributed by atoms with E-state index in [0.29, 0.717) is 31.6 Å². The molecule has 0 aliphatic rings. The van der Waals surface area contributed by atoms with Crippen LogP contribution < -0.4 is 0 Å². The topological polar surface area (TPSA) is 237 Å². The molecular formula is C81H154O17P2. The molecule has 0 heterocycles. The summed E-state index contributed by atoms with van der Waals surface area (Å²) in [5, 5.41) is 10.6. The zero-order valence-electron chi connectivity index (χ0n) is 65.2. The Morgan fingerprint density at radius 3 is 0.810 bits per heavy atom. The van der Waals surface area contributed by atoms with Crippen molar-refractivity contribution in [2.45, 2.75) is 414 Å². The van der Waals surface area contributed by atoms with Crippen LogP contribution in [-0.2, 0) is 65.4 Å². The van der Waals surface area contributed by atoms with Crippen LogP contribution in [0.4, 0.5) is 0 Å². The highest BCUT2D eigenvalue weighted by atomic mass is 31.2. The maximum atomic E-state index is 13.1. The number of hydrogen-bond acceptors (Lipinski definition) is 15. The molecule has 0 aliphatic heterocycles. The third-order valence-corrected chi connectivity index (χ3v) is 20.2. The van der Waals surface area contributed by atoms with Crippen LogP contribution >= 0.6 is 15.6 Å². The molecule has 0 saturated carbocycles. The van der Waals surface area contributed by atoms with Crippen molar-refractivity contribution in [1.29, 1.82) is 0 Å². The Hall–Kier alpha value is -2.46. The van der Waals surface area contributed by atoms with Crippen molar-refractivity contribution in [1.82, 2.24) is 0 Å². The Morgan fingerprint density at radius 1 is 0.310 bits per heavy atom. The van der Waals surface area contributed by atoms with Crippen LogP contribution in [0.15, 0.2) is 24.3 Å². The van der Waals surface area contributed by atoms with E-state index in [-0.39, 0.29) is 25.7 Å². The SMILES string of the molecule is CCCCCC/C=C\C=C/CCCCCCCC(=O)O[C@H](COC(=O)CCCCCCCCCCCCCCCCC(C)C)COP(=O)(O)OCC(O)COP(=O)(O)OC[C@@H](COC(=O)CCCCCCCCC(C)C)OC(=O)CCCCCCCCCCCCCCCCCCC(C)C. The van der Waals surface area contributed by atoms with E-state index < -0.39 is 97.5 Å². The van der Waals surface area contributed by atoms with Gasteiger partial charge in [0.15, 0.2) is 12.2 Å². The van der Waals surface area contributed by atoms with E-state index in [1.165, 1.54) is 186 Å². The summed E-state index contributed by atoms with van der Waals surface area (Å²) >= 11 is 0. The molecule has 0 rings (SSSR count). The van der Waals surface area contributed by atoms with Crippen LogP contribution in [0.5, 0.6) is 0 Å². The van der Waals surface area contributed by atoms with Crippen molar-refractivity contribution >= 4 is 39.5 Å². The smallest absolute Gasteiger partial charge is 0.462 e. The summed E-state index contributed by atoms with van der Waals surface area (Å²) in [5.41, 5.74) is 0. The molecule has 0 spiro atoms. The number of carbonyl (C=O) groups excluding carboxylic acids is 4. The summed E-state index contributed by atoms with van der Waals surface area (Å²) in [7, 11) is -9.93. The van der Waals surface area contributed by atoms with Gasteiger partial charge in [-0.25, -0.2) is 9.13 Å². The summed E-state index contributed by atoms with van der Waals surface area (Å²) in [6.07, 6.45) is 62.0. The van der Waals surface area contributed by atoms with Crippen molar-refractivity contribution in [3.05, 3.63) is 24.3 Å². The van der Waals surface area contributed by atoms with Crippen molar-refractivity contribution in [3.8, 4) is 0 Å². The Kier molecular flexibility index (Phi) is 69.1. The number of rotatable bonds is 77. The van der Waals surface area contributed by atoms with Crippen molar-refractivity contribution in [2.24, 2.45) is 17.8 Å². The normalized spacial score (nSPS) is 14.1. The average Bonchev–Trinajstić information content (AvgIpc) is 0.955. The van der Waals surface area contributed by atoms with E-state index in [2.05, 4.69) is 72.8 Å². The highest BCUT2D eigenvalue weighted by molar-refractivity contribution is 7.47. The number of carbonyl (C=O) groups is 4. The minimum Gasteiger partial charge on any atom is -0.462 e. The van der Waals surface area contributed by atoms with Gasteiger partial charge in [0.25, 0.3) is 0 Å². The van der Waals surface area contributed by atoms with E-state index in [0.717, 1.165) is 121 Å². The Bertz CT molecular complexity index is 2030. The van der Waals surface area contributed by atoms with E-state index >= 15 is 0 Å². The molecular weight excluding hydrogens is 1310 g/mol. The van der Waals surface area contributed by atoms with Crippen LogP contribution in [0, 0.1) is 17.8 Å². The zero-order chi connectivity index (χ0) is 73.7. The minimum atomic E-state index is -4.97. The molecule has 0 fully saturated rings. The zero-order valence-corrected chi connectivity index (χ0v) is 66.9. The molecule has 0 amide bonds. The van der Waals surface area contributed by atoms with Crippen LogP contribution in [-0.4, -0.2) is 96.7 Å². The predicted molar refractivity (Wildman–Crippen MR) is 409 cm³/mol. The Labute approximate surface area is 612 Å². The molecule has 0 aromatic heterocycles. The average molecular weight is 1460 g/mol. The lowest BCUT2D eigenvalue weighted by molar-refractivity contribution is -0.161. The second-order valence-electron chi connectivity index (χ2n) is 29.9. The third kappa shape index (κ3) is 73.8. The standard InChI is InChI=1S/C81H154O17P2/c1-8-9-10-11-12-13-14-15-18-26-31-36-41-50-57-64-80(85)97-76(68-91-78(83)62-55-48-40-35-30-25-22-21-24-29-34-39-46-53-60-73(4)5)70-95-99(87,88)93-66-75(82)67-94-100(89,90)96-71-77(69-92-79(84)63-56-49-44-43-47-54-61-74(6)7)98-81(86)65-58-51-42-37-32-27-20-17-16-19-23-28-33-38-45-52-59-72(2)3/h13-15,18,72-77,82H,8-12,16-17,19-71H2,1-7H3,(H,87,88)(H,89,90)/b14-13-,18-15-/t75?,76-,77-/m1/s1. The maximum absolute atomic E-state index is 13.1. The first kappa shape index (κ1) is 97.5. The molecule has 17 nitrogen and oxygen atoms in total. The van der Waals surface area contributed by atoms with Gasteiger partial charge in [-0.15, -0.1) is 0 Å². The van der Waals surface area contributed by atoms with E-state index in [1.54, 1.807) is 0 Å². The summed E-state index contributed by atoms with van der Waals surface area (Å²) in [6, 6.07) is 0. The lowest BCUT2D eigenvalue weighted by Gasteiger charge is -2.21. The van der Waals surface area contributed by atoms with Gasteiger partial charge in [-0.05, 0) is 69.1 Å². The number of phosphoric ester groups is 2. The number of aliphatic hydroxyl groups excluding tert-OH is 1. The van der Waals surface area contributed by atoms with Crippen LogP contribution in [0.25, 0.3) is 0 Å². The quantitative estimate of drug-likeness (QED) is 0.0169. The minimum absolute atomic E-state index is 0.0850. The van der Waals surface area contributed by atoms with E-state index in [1.807, 2.05) is 0 Å². The second kappa shape index (κ2) is 70.8. The first-order valence-electron chi connectivity index (χ1n) is 41.2. The van der Waals surface area contributed by atoms with Crippen molar-refractivity contribution in [3.63, 3.8) is 0 Å². The molecule has 3 unspecified atom stereocenters. The number of esters is 4. The lowest BCUT2D eigenvalue weighted by Crippen LogP contribution is -2.30. The van der Waals surface area contributed by atoms with Crippen LogP contribution in [0.1, 0.15) is 395 Å². The van der Waals surface area contributed by atoms with E-state index in [9.17, 15) is 43.2 Å². The van der Waals surface area contributed by atoms with Crippen molar-refractivity contribution < 1.29 is 80.2 Å². The fraction of sp³-hybridized carbons (Fsp3) is 0.901. The molecule has 19 heteroatoms. The van der Waals surface area contributed by atoms with Gasteiger partial charge in [0.1, 0.15) is 19.3 Å². The van der Waals surface area contributed by atoms with E-state index in [4.69, 9.17) is 37.0 Å². The summed E-state index contributed by atoms with van der Waals surface area (Å²) < 4.78 is 68.6. The molecule has 100 heavy (non-hydrogen) atoms. The van der Waals surface area contributed by atoms with Gasteiger partial charge < -0.3 is 33.8 Å². The maximum Gasteiger partial charge on any atom is 0.472 e. The lowest BCUT2D eigenvalue weighted by atomic mass is 10.0. The molecule has 0 aliphatic carbocycles. The first-order chi connectivity index (χ1) is 48.2. The molecule has 0 aromatic carbocycles. The monoisotopic (exact) mass is 1460 g/mol. The third-order valence-electron chi connectivity index (χ3n) is 18.3. The second-order valence-corrected chi connectivity index (χ2v) is 32.8. The van der Waals surface area contributed by atoms with Gasteiger partial charge >= 0.3 is 39.5 Å². The molecule has 590 valence electrons. The highest BCUT2D eigenvalue weighted by Crippen LogP contribution is 2.45. The fourth-order valence-corrected chi connectivity index (χ4v) is 13.5.